The molecule has 6 heteroatoms. The summed E-state index contributed by atoms with van der Waals surface area (Å²) in [4.78, 5) is 13.3. The van der Waals surface area contributed by atoms with Crippen LogP contribution in [0, 0.1) is 0 Å². The summed E-state index contributed by atoms with van der Waals surface area (Å²) in [6.07, 6.45) is 1.07. The maximum atomic E-state index is 11.0. The molecule has 0 saturated carbocycles. The molecule has 108 valence electrons. The average molecular weight is 306 g/mol. The predicted octanol–water partition coefficient (Wildman–Crippen LogP) is 2.02. The van der Waals surface area contributed by atoms with Gasteiger partial charge in [0.25, 0.3) is 0 Å². The molecule has 4 nitrogen and oxygen atoms in total. The van der Waals surface area contributed by atoms with Crippen LogP contribution in [0.3, 0.4) is 0 Å². The van der Waals surface area contributed by atoms with Gasteiger partial charge in [-0.15, -0.1) is 24.8 Å². The first-order valence-electron chi connectivity index (χ1n) is 5.98. The zero-order valence-corrected chi connectivity index (χ0v) is 12.6. The topological polar surface area (TPSA) is 58.4 Å². The number of halogens is 2. The van der Waals surface area contributed by atoms with Crippen LogP contribution in [0.1, 0.15) is 18.9 Å². The molecular weight excluding hydrogens is 285 g/mol. The summed E-state index contributed by atoms with van der Waals surface area (Å²) in [5, 5.41) is 2.80. The number of nitrogens with two attached hydrogens (primary N) is 1. The third-order valence-corrected chi connectivity index (χ3v) is 2.96. The molecule has 3 N–H and O–H groups in total. The van der Waals surface area contributed by atoms with E-state index in [1.54, 1.807) is 0 Å². The number of nitrogens with one attached hydrogen (secondary N) is 1. The molecule has 1 aromatic carbocycles. The number of hydrogen-bond acceptors (Lipinski definition) is 3. The second-order valence-electron chi connectivity index (χ2n) is 4.67. The molecule has 1 atom stereocenters. The Bertz CT molecular complexity index is 415. The number of rotatable bonds is 3. The van der Waals surface area contributed by atoms with Crippen molar-refractivity contribution in [2.75, 3.05) is 18.4 Å². The summed E-state index contributed by atoms with van der Waals surface area (Å²) in [5.74, 6) is -0.0367. The highest BCUT2D eigenvalue weighted by atomic mass is 35.5. The summed E-state index contributed by atoms with van der Waals surface area (Å²) in [6.45, 7) is 4.45. The van der Waals surface area contributed by atoms with Crippen LogP contribution in [-0.2, 0) is 11.3 Å². The Morgan fingerprint density at radius 1 is 1.47 bits per heavy atom. The van der Waals surface area contributed by atoms with Crippen LogP contribution in [0.5, 0.6) is 0 Å². The number of carbonyl (C=O) groups excluding carboxylic acids is 1. The smallest absolute Gasteiger partial charge is 0.221 e. The van der Waals surface area contributed by atoms with Gasteiger partial charge in [-0.2, -0.15) is 0 Å². The lowest BCUT2D eigenvalue weighted by Crippen LogP contribution is -2.26. The lowest BCUT2D eigenvalue weighted by Gasteiger charge is -2.15. The highest BCUT2D eigenvalue weighted by Gasteiger charge is 2.18. The maximum Gasteiger partial charge on any atom is 0.221 e. The number of likely N-dealkylation sites (tertiary alicyclic amines) is 1. The molecule has 1 aromatic rings. The van der Waals surface area contributed by atoms with E-state index in [0.29, 0.717) is 6.04 Å². The van der Waals surface area contributed by atoms with E-state index in [1.807, 2.05) is 18.2 Å². The Hall–Kier alpha value is -0.810. The summed E-state index contributed by atoms with van der Waals surface area (Å²) < 4.78 is 0. The van der Waals surface area contributed by atoms with Crippen molar-refractivity contribution in [1.82, 2.24) is 4.90 Å². The van der Waals surface area contributed by atoms with Gasteiger partial charge in [-0.3, -0.25) is 9.69 Å². The van der Waals surface area contributed by atoms with Crippen LogP contribution >= 0.6 is 24.8 Å². The number of hydrogen-bond donors (Lipinski definition) is 2. The molecule has 2 rings (SSSR count). The van der Waals surface area contributed by atoms with Gasteiger partial charge >= 0.3 is 0 Å². The summed E-state index contributed by atoms with van der Waals surface area (Å²) in [6, 6.07) is 8.28. The number of carbonyl (C=O) groups is 1. The molecule has 0 bridgehead atoms. The summed E-state index contributed by atoms with van der Waals surface area (Å²) >= 11 is 0. The lowest BCUT2D eigenvalue weighted by molar-refractivity contribution is -0.114. The zero-order chi connectivity index (χ0) is 12.3. The van der Waals surface area contributed by atoms with Gasteiger partial charge in [0.15, 0.2) is 0 Å². The summed E-state index contributed by atoms with van der Waals surface area (Å²) in [5.41, 5.74) is 7.95. The van der Waals surface area contributed by atoms with E-state index in [0.717, 1.165) is 31.7 Å². The van der Waals surface area contributed by atoms with Crippen molar-refractivity contribution in [2.45, 2.75) is 25.9 Å². The molecule has 0 spiro atoms. The standard InChI is InChI=1S/C13H19N3O.2ClH/c1-10(17)15-13-4-2-3-11(7-13)8-16-6-5-12(14)9-16;;/h2-4,7,12H,5-6,8-9,14H2,1H3,(H,15,17);2*1H/t12-;;/m1../s1. The van der Waals surface area contributed by atoms with Gasteiger partial charge in [0.05, 0.1) is 0 Å². The number of anilines is 1. The second-order valence-corrected chi connectivity index (χ2v) is 4.67. The largest absolute Gasteiger partial charge is 0.326 e. The van der Waals surface area contributed by atoms with Crippen molar-refractivity contribution in [3.05, 3.63) is 29.8 Å². The first-order chi connectivity index (χ1) is 8.13. The third-order valence-electron chi connectivity index (χ3n) is 2.96. The van der Waals surface area contributed by atoms with Gasteiger partial charge < -0.3 is 11.1 Å². The summed E-state index contributed by atoms with van der Waals surface area (Å²) in [7, 11) is 0. The predicted molar refractivity (Wildman–Crippen MR) is 83.1 cm³/mol. The first kappa shape index (κ1) is 18.2. The van der Waals surface area contributed by atoms with Gasteiger partial charge in [0.1, 0.15) is 0 Å². The van der Waals surface area contributed by atoms with E-state index in [-0.39, 0.29) is 30.7 Å². The Kier molecular flexibility index (Phi) is 8.02. The van der Waals surface area contributed by atoms with E-state index >= 15 is 0 Å². The molecule has 19 heavy (non-hydrogen) atoms. The molecule has 1 amide bonds. The van der Waals surface area contributed by atoms with Crippen LogP contribution < -0.4 is 11.1 Å². The molecule has 1 saturated heterocycles. The van der Waals surface area contributed by atoms with Gasteiger partial charge in [-0.25, -0.2) is 0 Å². The highest BCUT2D eigenvalue weighted by molar-refractivity contribution is 5.88. The van der Waals surface area contributed by atoms with E-state index in [4.69, 9.17) is 5.73 Å². The average Bonchev–Trinajstić information content (AvgIpc) is 2.63. The fourth-order valence-corrected chi connectivity index (χ4v) is 2.22. The first-order valence-corrected chi connectivity index (χ1v) is 5.98. The van der Waals surface area contributed by atoms with Gasteiger partial charge in [-0.05, 0) is 24.1 Å². The van der Waals surface area contributed by atoms with Gasteiger partial charge in [0.2, 0.25) is 5.91 Å². The monoisotopic (exact) mass is 305 g/mol. The molecule has 1 heterocycles. The molecule has 0 aromatic heterocycles. The second kappa shape index (κ2) is 8.38. The van der Waals surface area contributed by atoms with Gasteiger partial charge in [-0.1, -0.05) is 12.1 Å². The lowest BCUT2D eigenvalue weighted by atomic mass is 10.2. The minimum Gasteiger partial charge on any atom is -0.326 e. The highest BCUT2D eigenvalue weighted by Crippen LogP contribution is 2.15. The molecule has 1 aliphatic rings. The fraction of sp³-hybridized carbons (Fsp3) is 0.462. The van der Waals surface area contributed by atoms with Crippen molar-refractivity contribution in [3.63, 3.8) is 0 Å². The number of amides is 1. The van der Waals surface area contributed by atoms with Crippen LogP contribution in [0.15, 0.2) is 24.3 Å². The zero-order valence-electron chi connectivity index (χ0n) is 11.0. The number of benzene rings is 1. The van der Waals surface area contributed by atoms with E-state index in [2.05, 4.69) is 16.3 Å². The van der Waals surface area contributed by atoms with Crippen LogP contribution in [0.25, 0.3) is 0 Å². The van der Waals surface area contributed by atoms with Crippen molar-refractivity contribution in [2.24, 2.45) is 5.73 Å². The molecular formula is C13H21Cl2N3O. The molecule has 0 aliphatic carbocycles. The van der Waals surface area contributed by atoms with Crippen molar-refractivity contribution in [1.29, 1.82) is 0 Å². The van der Waals surface area contributed by atoms with Crippen LogP contribution in [-0.4, -0.2) is 29.9 Å². The Morgan fingerprint density at radius 2 is 2.21 bits per heavy atom. The van der Waals surface area contributed by atoms with Crippen molar-refractivity contribution >= 4 is 36.4 Å². The minimum absolute atomic E-state index is 0. The maximum absolute atomic E-state index is 11.0. The Balaban J connectivity index is 0.00000162. The quantitative estimate of drug-likeness (QED) is 0.898. The van der Waals surface area contributed by atoms with Crippen LogP contribution in [0.4, 0.5) is 5.69 Å². The third kappa shape index (κ3) is 5.78. The molecule has 0 radical (unpaired) electrons. The molecule has 1 aliphatic heterocycles. The minimum atomic E-state index is -0.0367. The molecule has 0 unspecified atom stereocenters. The SMILES string of the molecule is CC(=O)Nc1cccc(CN2CC[C@@H](N)C2)c1.Cl.Cl. The normalized spacial score (nSPS) is 18.3. The number of nitrogens with zero attached hydrogens (tertiary/aromatic N) is 1. The van der Waals surface area contributed by atoms with Crippen LogP contribution in [0.2, 0.25) is 0 Å². The van der Waals surface area contributed by atoms with Crippen molar-refractivity contribution < 1.29 is 4.79 Å². The fourth-order valence-electron chi connectivity index (χ4n) is 2.22. The van der Waals surface area contributed by atoms with E-state index in [9.17, 15) is 4.79 Å². The van der Waals surface area contributed by atoms with Crippen molar-refractivity contribution in [3.8, 4) is 0 Å². The Labute approximate surface area is 126 Å². The molecule has 1 fully saturated rings. The Morgan fingerprint density at radius 3 is 2.79 bits per heavy atom. The van der Waals surface area contributed by atoms with E-state index in [1.165, 1.54) is 12.5 Å². The van der Waals surface area contributed by atoms with E-state index < -0.39 is 0 Å². The van der Waals surface area contributed by atoms with Gasteiger partial charge in [0, 0.05) is 38.3 Å².